The number of H-pyrrole nitrogens is 1. The van der Waals surface area contributed by atoms with Crippen LogP contribution in [0.3, 0.4) is 0 Å². The van der Waals surface area contributed by atoms with E-state index in [1.807, 2.05) is 36.4 Å². The molecule has 3 amide bonds. The molecule has 0 bridgehead atoms. The molecule has 37 heavy (non-hydrogen) atoms. The quantitative estimate of drug-likeness (QED) is 0.449. The standard InChI is InChI=1S/C27H24N6O4/c34-24-16-32(22-9-5-4-8-19(22)29-24)26(36)11-10-25(35)31-13-12-18-21(15-31)28-23-14-20(30-33(23)27(18)37)17-6-2-1-3-7-17/h1-9,14,30H,10-13,15-16H2,(H,29,34). The first-order valence-corrected chi connectivity index (χ1v) is 12.1. The highest BCUT2D eigenvalue weighted by Gasteiger charge is 2.29. The Hall–Kier alpha value is -4.73. The van der Waals surface area contributed by atoms with Crippen molar-refractivity contribution in [3.05, 3.63) is 82.3 Å². The lowest BCUT2D eigenvalue weighted by molar-refractivity contribution is -0.134. The van der Waals surface area contributed by atoms with Gasteiger partial charge in [-0.3, -0.25) is 24.3 Å². The Morgan fingerprint density at radius 3 is 2.51 bits per heavy atom. The molecule has 2 aliphatic heterocycles. The molecule has 10 heteroatoms. The average molecular weight is 497 g/mol. The van der Waals surface area contributed by atoms with Crippen LogP contribution in [0.25, 0.3) is 16.9 Å². The van der Waals surface area contributed by atoms with Crippen molar-refractivity contribution in [3.8, 4) is 11.3 Å². The van der Waals surface area contributed by atoms with Gasteiger partial charge in [0.2, 0.25) is 17.7 Å². The number of aromatic amines is 1. The van der Waals surface area contributed by atoms with Gasteiger partial charge < -0.3 is 15.1 Å². The van der Waals surface area contributed by atoms with Gasteiger partial charge in [0.1, 0.15) is 6.54 Å². The Morgan fingerprint density at radius 2 is 1.68 bits per heavy atom. The zero-order valence-corrected chi connectivity index (χ0v) is 19.9. The van der Waals surface area contributed by atoms with Gasteiger partial charge in [-0.1, -0.05) is 42.5 Å². The predicted molar refractivity (Wildman–Crippen MR) is 137 cm³/mol. The van der Waals surface area contributed by atoms with Gasteiger partial charge in [-0.2, -0.15) is 0 Å². The van der Waals surface area contributed by atoms with Crippen molar-refractivity contribution >= 4 is 34.7 Å². The van der Waals surface area contributed by atoms with E-state index in [1.54, 1.807) is 29.2 Å². The lowest BCUT2D eigenvalue weighted by atomic mass is 10.1. The number of nitrogens with zero attached hydrogens (tertiary/aromatic N) is 4. The first-order valence-electron chi connectivity index (χ1n) is 12.1. The molecule has 0 radical (unpaired) electrons. The molecule has 0 spiro atoms. The molecule has 0 atom stereocenters. The molecule has 2 aliphatic rings. The summed E-state index contributed by atoms with van der Waals surface area (Å²) in [6.45, 7) is 0.520. The number of amides is 3. The highest BCUT2D eigenvalue weighted by molar-refractivity contribution is 6.10. The van der Waals surface area contributed by atoms with Crippen molar-refractivity contribution in [1.82, 2.24) is 19.5 Å². The Morgan fingerprint density at radius 1 is 0.919 bits per heavy atom. The van der Waals surface area contributed by atoms with Gasteiger partial charge in [-0.25, -0.2) is 9.50 Å². The topological polar surface area (TPSA) is 120 Å². The molecule has 2 aromatic carbocycles. The van der Waals surface area contributed by atoms with E-state index < -0.39 is 0 Å². The fourth-order valence-electron chi connectivity index (χ4n) is 4.93. The van der Waals surface area contributed by atoms with Crippen LogP contribution < -0.4 is 15.8 Å². The number of anilines is 2. The number of fused-ring (bicyclic) bond motifs is 3. The summed E-state index contributed by atoms with van der Waals surface area (Å²) in [6, 6.07) is 18.6. The fourth-order valence-corrected chi connectivity index (χ4v) is 4.93. The minimum absolute atomic E-state index is 0.0119. The summed E-state index contributed by atoms with van der Waals surface area (Å²) < 4.78 is 1.45. The largest absolute Gasteiger partial charge is 0.336 e. The van der Waals surface area contributed by atoms with Crippen LogP contribution in [0, 0.1) is 0 Å². The zero-order chi connectivity index (χ0) is 25.5. The minimum Gasteiger partial charge on any atom is -0.336 e. The van der Waals surface area contributed by atoms with E-state index in [1.165, 1.54) is 9.42 Å². The second kappa shape index (κ2) is 9.05. The van der Waals surface area contributed by atoms with Crippen molar-refractivity contribution in [1.29, 1.82) is 0 Å². The average Bonchev–Trinajstić information content (AvgIpc) is 3.36. The molecular formula is C27H24N6O4. The van der Waals surface area contributed by atoms with Gasteiger partial charge in [0.15, 0.2) is 5.65 Å². The third kappa shape index (κ3) is 4.16. The number of rotatable bonds is 4. The maximum Gasteiger partial charge on any atom is 0.276 e. The zero-order valence-electron chi connectivity index (χ0n) is 19.9. The summed E-state index contributed by atoms with van der Waals surface area (Å²) in [6.07, 6.45) is 0.387. The van der Waals surface area contributed by atoms with Gasteiger partial charge in [-0.15, -0.1) is 0 Å². The lowest BCUT2D eigenvalue weighted by Crippen LogP contribution is -2.43. The van der Waals surface area contributed by atoms with Crippen molar-refractivity contribution in [2.45, 2.75) is 25.8 Å². The van der Waals surface area contributed by atoms with Gasteiger partial charge in [0, 0.05) is 31.0 Å². The summed E-state index contributed by atoms with van der Waals surface area (Å²) in [5.41, 5.74) is 4.44. The summed E-state index contributed by atoms with van der Waals surface area (Å²) >= 11 is 0. The highest BCUT2D eigenvalue weighted by Crippen LogP contribution is 2.29. The lowest BCUT2D eigenvalue weighted by Gasteiger charge is -2.30. The number of aromatic nitrogens is 3. The van der Waals surface area contributed by atoms with E-state index in [2.05, 4.69) is 15.4 Å². The first kappa shape index (κ1) is 22.7. The van der Waals surface area contributed by atoms with Gasteiger partial charge in [-0.05, 0) is 24.1 Å². The molecule has 4 aromatic rings. The molecule has 4 heterocycles. The van der Waals surface area contributed by atoms with E-state index in [-0.39, 0.29) is 49.2 Å². The number of para-hydroxylation sites is 2. The second-order valence-electron chi connectivity index (χ2n) is 9.18. The van der Waals surface area contributed by atoms with Crippen LogP contribution in [-0.2, 0) is 27.3 Å². The molecule has 10 nitrogen and oxygen atoms in total. The number of carbonyl (C=O) groups is 3. The van der Waals surface area contributed by atoms with Crippen LogP contribution in [0.1, 0.15) is 24.1 Å². The van der Waals surface area contributed by atoms with E-state index in [0.717, 1.165) is 11.3 Å². The second-order valence-corrected chi connectivity index (χ2v) is 9.18. The molecular weight excluding hydrogens is 472 g/mol. The Kier molecular flexibility index (Phi) is 5.56. The van der Waals surface area contributed by atoms with Crippen LogP contribution in [-0.4, -0.2) is 50.3 Å². The number of benzene rings is 2. The van der Waals surface area contributed by atoms with Crippen LogP contribution in [0.5, 0.6) is 0 Å². The molecule has 186 valence electrons. The normalized spacial score (nSPS) is 14.8. The Labute approximate surface area is 211 Å². The molecule has 0 saturated heterocycles. The summed E-state index contributed by atoms with van der Waals surface area (Å²) in [5.74, 6) is -0.739. The first-order chi connectivity index (χ1) is 18.0. The number of hydrogen-bond acceptors (Lipinski definition) is 5. The molecule has 2 N–H and O–H groups in total. The highest BCUT2D eigenvalue weighted by atomic mass is 16.2. The van der Waals surface area contributed by atoms with Crippen LogP contribution >= 0.6 is 0 Å². The van der Waals surface area contributed by atoms with Crippen LogP contribution in [0.2, 0.25) is 0 Å². The fraction of sp³-hybridized carbons (Fsp3) is 0.222. The summed E-state index contributed by atoms with van der Waals surface area (Å²) in [4.78, 5) is 58.8. The van der Waals surface area contributed by atoms with Crippen LogP contribution in [0.15, 0.2) is 65.5 Å². The van der Waals surface area contributed by atoms with Crippen molar-refractivity contribution < 1.29 is 14.4 Å². The van der Waals surface area contributed by atoms with Crippen molar-refractivity contribution in [2.75, 3.05) is 23.3 Å². The number of nitrogens with one attached hydrogen (secondary N) is 2. The molecule has 0 unspecified atom stereocenters. The Balaban J connectivity index is 1.16. The molecule has 6 rings (SSSR count). The molecule has 0 saturated carbocycles. The number of hydrogen-bond donors (Lipinski definition) is 2. The monoisotopic (exact) mass is 496 g/mol. The van der Waals surface area contributed by atoms with Crippen molar-refractivity contribution in [3.63, 3.8) is 0 Å². The smallest absolute Gasteiger partial charge is 0.276 e. The maximum absolute atomic E-state index is 13.1. The third-order valence-electron chi connectivity index (χ3n) is 6.83. The van der Waals surface area contributed by atoms with E-state index in [9.17, 15) is 19.2 Å². The maximum atomic E-state index is 13.1. The molecule has 0 fully saturated rings. The number of carbonyl (C=O) groups excluding carboxylic acids is 3. The summed E-state index contributed by atoms with van der Waals surface area (Å²) in [5, 5.41) is 5.88. The predicted octanol–water partition coefficient (Wildman–Crippen LogP) is 2.34. The SMILES string of the molecule is O=C1CN(C(=O)CCC(=O)N2CCc3c(nc4cc(-c5ccccc5)[nH]n4c3=O)C2)c2ccccc2N1. The van der Waals surface area contributed by atoms with Crippen molar-refractivity contribution in [2.24, 2.45) is 0 Å². The minimum atomic E-state index is -0.285. The van der Waals surface area contributed by atoms with Crippen LogP contribution in [0.4, 0.5) is 11.4 Å². The summed E-state index contributed by atoms with van der Waals surface area (Å²) in [7, 11) is 0. The van der Waals surface area contributed by atoms with Gasteiger partial charge in [0.25, 0.3) is 5.56 Å². The molecule has 2 aromatic heterocycles. The van der Waals surface area contributed by atoms with E-state index in [0.29, 0.717) is 41.2 Å². The van der Waals surface area contributed by atoms with E-state index >= 15 is 0 Å². The Bertz CT molecular complexity index is 1610. The van der Waals surface area contributed by atoms with Gasteiger partial charge >= 0.3 is 0 Å². The van der Waals surface area contributed by atoms with E-state index in [4.69, 9.17) is 0 Å². The third-order valence-corrected chi connectivity index (χ3v) is 6.83. The molecule has 0 aliphatic carbocycles. The van der Waals surface area contributed by atoms with Gasteiger partial charge in [0.05, 0.1) is 29.3 Å².